The molecule has 0 radical (unpaired) electrons. The maximum atomic E-state index is 11.8. The SMILES string of the molecule is CN(CC(=O)O)[C@@H]1CCCC[C@H]1N(CCN(CC(=O)O)[C@H]1CCCC[C@@H]1N(C)CC(=O)O)CC(=O)O. The van der Waals surface area contributed by atoms with Crippen LogP contribution in [0.5, 0.6) is 0 Å². The van der Waals surface area contributed by atoms with Crippen molar-refractivity contribution < 1.29 is 39.6 Å². The Morgan fingerprint density at radius 1 is 0.528 bits per heavy atom. The molecule has 0 aromatic carbocycles. The van der Waals surface area contributed by atoms with Crippen LogP contribution in [0.15, 0.2) is 0 Å². The van der Waals surface area contributed by atoms with Crippen molar-refractivity contribution in [3.63, 3.8) is 0 Å². The molecule has 2 saturated carbocycles. The molecular formula is C24H42N4O8. The lowest BCUT2D eigenvalue weighted by Gasteiger charge is -2.46. The van der Waals surface area contributed by atoms with Crippen LogP contribution < -0.4 is 0 Å². The Kier molecular flexibility index (Phi) is 12.0. The minimum absolute atomic E-state index is 0.105. The Bertz CT molecular complexity index is 704. The molecular weight excluding hydrogens is 472 g/mol. The number of carboxylic acid groups (broad SMARTS) is 4. The van der Waals surface area contributed by atoms with E-state index in [0.29, 0.717) is 13.1 Å². The largest absolute Gasteiger partial charge is 0.480 e. The lowest BCUT2D eigenvalue weighted by Crippen LogP contribution is -2.58. The van der Waals surface area contributed by atoms with Crippen LogP contribution in [-0.2, 0) is 19.2 Å². The van der Waals surface area contributed by atoms with Crippen molar-refractivity contribution in [3.8, 4) is 0 Å². The molecule has 0 aliphatic heterocycles. The van der Waals surface area contributed by atoms with Gasteiger partial charge in [0, 0.05) is 37.3 Å². The Morgan fingerprint density at radius 3 is 1.08 bits per heavy atom. The summed E-state index contributed by atoms with van der Waals surface area (Å²) >= 11 is 0. The molecule has 12 heteroatoms. The minimum Gasteiger partial charge on any atom is -0.480 e. The van der Waals surface area contributed by atoms with Gasteiger partial charge in [0.25, 0.3) is 0 Å². The third-order valence-electron chi connectivity index (χ3n) is 7.58. The molecule has 4 atom stereocenters. The number of nitrogens with zero attached hydrogens (tertiary/aromatic N) is 4. The molecule has 0 saturated heterocycles. The quantitative estimate of drug-likeness (QED) is 0.238. The van der Waals surface area contributed by atoms with Gasteiger partial charge in [-0.1, -0.05) is 25.7 Å². The highest BCUT2D eigenvalue weighted by molar-refractivity contribution is 5.70. The molecule has 0 spiro atoms. The Hall–Kier alpha value is -2.28. The molecule has 0 aromatic heterocycles. The van der Waals surface area contributed by atoms with Crippen LogP contribution >= 0.6 is 0 Å². The summed E-state index contributed by atoms with van der Waals surface area (Å²) in [5.41, 5.74) is 0. The van der Waals surface area contributed by atoms with E-state index >= 15 is 0 Å². The monoisotopic (exact) mass is 514 g/mol. The molecule has 36 heavy (non-hydrogen) atoms. The summed E-state index contributed by atoms with van der Waals surface area (Å²) in [4.78, 5) is 53.4. The number of hydrogen-bond acceptors (Lipinski definition) is 8. The van der Waals surface area contributed by atoms with Gasteiger partial charge in [-0.3, -0.25) is 38.8 Å². The molecule has 2 aliphatic carbocycles. The zero-order chi connectivity index (χ0) is 26.8. The predicted octanol–water partition coefficient (Wildman–Crippen LogP) is 0.415. The van der Waals surface area contributed by atoms with Gasteiger partial charge in [-0.25, -0.2) is 0 Å². The summed E-state index contributed by atoms with van der Waals surface area (Å²) in [6.07, 6.45) is 6.75. The molecule has 0 unspecified atom stereocenters. The van der Waals surface area contributed by atoms with E-state index in [1.807, 2.05) is 9.80 Å². The highest BCUT2D eigenvalue weighted by Crippen LogP contribution is 2.29. The maximum Gasteiger partial charge on any atom is 0.317 e. The highest BCUT2D eigenvalue weighted by Gasteiger charge is 2.37. The Morgan fingerprint density at radius 2 is 0.806 bits per heavy atom. The minimum atomic E-state index is -0.985. The summed E-state index contributed by atoms with van der Waals surface area (Å²) in [7, 11) is 3.50. The third-order valence-corrected chi connectivity index (χ3v) is 7.58. The molecule has 2 aliphatic rings. The van der Waals surface area contributed by atoms with E-state index in [-0.39, 0.29) is 50.3 Å². The van der Waals surface area contributed by atoms with E-state index in [4.69, 9.17) is 0 Å². The van der Waals surface area contributed by atoms with Gasteiger partial charge >= 0.3 is 23.9 Å². The molecule has 0 bridgehead atoms. The molecule has 0 amide bonds. The second kappa shape index (κ2) is 14.5. The molecule has 0 heterocycles. The van der Waals surface area contributed by atoms with Crippen molar-refractivity contribution >= 4 is 23.9 Å². The average molecular weight is 515 g/mol. The van der Waals surface area contributed by atoms with Crippen LogP contribution in [0.3, 0.4) is 0 Å². The predicted molar refractivity (Wildman–Crippen MR) is 131 cm³/mol. The van der Waals surface area contributed by atoms with Gasteiger partial charge < -0.3 is 20.4 Å². The topological polar surface area (TPSA) is 162 Å². The number of rotatable bonds is 15. The van der Waals surface area contributed by atoms with Crippen LogP contribution in [0.4, 0.5) is 0 Å². The van der Waals surface area contributed by atoms with E-state index in [9.17, 15) is 39.6 Å². The van der Waals surface area contributed by atoms with E-state index < -0.39 is 23.9 Å². The molecule has 206 valence electrons. The van der Waals surface area contributed by atoms with Crippen LogP contribution in [0, 0.1) is 0 Å². The van der Waals surface area contributed by atoms with Crippen LogP contribution in [-0.4, -0.2) is 141 Å². The standard InChI is InChI=1S/C24H42N4O8/c1-25(13-21(29)30)17-7-3-5-9-19(17)27(15-23(33)34)11-12-28(16-24(35)36)20-10-6-4-8-18(20)26(2)14-22(31)32/h17-20H,3-16H2,1-2H3,(H,29,30)(H,31,32)(H,33,34)(H,35,36)/t17-,18+,19-,20+. The number of hydrogen-bond donors (Lipinski definition) is 4. The van der Waals surface area contributed by atoms with Gasteiger partial charge in [-0.2, -0.15) is 0 Å². The van der Waals surface area contributed by atoms with Gasteiger partial charge in [-0.05, 0) is 39.8 Å². The molecule has 12 nitrogen and oxygen atoms in total. The fourth-order valence-electron chi connectivity index (χ4n) is 6.05. The van der Waals surface area contributed by atoms with E-state index in [1.54, 1.807) is 23.9 Å². The van der Waals surface area contributed by atoms with E-state index in [1.165, 1.54) is 0 Å². The first-order valence-electron chi connectivity index (χ1n) is 12.7. The number of aliphatic carboxylic acids is 4. The zero-order valence-corrected chi connectivity index (χ0v) is 21.4. The fraction of sp³-hybridized carbons (Fsp3) is 0.833. The Balaban J connectivity index is 2.22. The fourth-order valence-corrected chi connectivity index (χ4v) is 6.05. The molecule has 4 N–H and O–H groups in total. The van der Waals surface area contributed by atoms with Gasteiger partial charge in [0.2, 0.25) is 0 Å². The third kappa shape index (κ3) is 9.30. The van der Waals surface area contributed by atoms with Crippen molar-refractivity contribution in [2.75, 3.05) is 53.4 Å². The normalized spacial score (nSPS) is 24.9. The van der Waals surface area contributed by atoms with Crippen molar-refractivity contribution in [2.45, 2.75) is 75.5 Å². The molecule has 0 aromatic rings. The van der Waals surface area contributed by atoms with Gasteiger partial charge in [-0.15, -0.1) is 0 Å². The lowest BCUT2D eigenvalue weighted by molar-refractivity contribution is -0.143. The first-order chi connectivity index (χ1) is 17.0. The average Bonchev–Trinajstić information content (AvgIpc) is 2.79. The second-order valence-electron chi connectivity index (χ2n) is 10.2. The summed E-state index contributed by atoms with van der Waals surface area (Å²) < 4.78 is 0. The summed E-state index contributed by atoms with van der Waals surface area (Å²) in [6, 6.07) is -0.511. The smallest absolute Gasteiger partial charge is 0.317 e. The lowest BCUT2D eigenvalue weighted by atomic mass is 9.87. The van der Waals surface area contributed by atoms with Crippen LogP contribution in [0.2, 0.25) is 0 Å². The second-order valence-corrected chi connectivity index (χ2v) is 10.2. The summed E-state index contributed by atoms with van der Waals surface area (Å²) in [6.45, 7) is -0.0349. The van der Waals surface area contributed by atoms with E-state index in [2.05, 4.69) is 0 Å². The van der Waals surface area contributed by atoms with Gasteiger partial charge in [0.1, 0.15) is 0 Å². The molecule has 2 fully saturated rings. The number of likely N-dealkylation sites (N-methyl/N-ethyl adjacent to an activating group) is 2. The summed E-state index contributed by atoms with van der Waals surface area (Å²) in [5, 5.41) is 37.8. The van der Waals surface area contributed by atoms with Crippen LogP contribution in [0.25, 0.3) is 0 Å². The van der Waals surface area contributed by atoms with Gasteiger partial charge in [0.15, 0.2) is 0 Å². The zero-order valence-electron chi connectivity index (χ0n) is 21.4. The van der Waals surface area contributed by atoms with Crippen molar-refractivity contribution in [1.82, 2.24) is 19.6 Å². The van der Waals surface area contributed by atoms with Crippen molar-refractivity contribution in [2.24, 2.45) is 0 Å². The summed E-state index contributed by atoms with van der Waals surface area (Å²) in [5.74, 6) is -3.84. The van der Waals surface area contributed by atoms with Crippen LogP contribution in [0.1, 0.15) is 51.4 Å². The van der Waals surface area contributed by atoms with Crippen molar-refractivity contribution in [1.29, 1.82) is 0 Å². The number of carboxylic acids is 4. The molecule has 2 rings (SSSR count). The van der Waals surface area contributed by atoms with Gasteiger partial charge in [0.05, 0.1) is 26.2 Å². The maximum absolute atomic E-state index is 11.8. The van der Waals surface area contributed by atoms with E-state index in [0.717, 1.165) is 51.4 Å². The Labute approximate surface area is 212 Å². The number of carbonyl (C=O) groups is 4. The first-order valence-corrected chi connectivity index (χ1v) is 12.7. The highest BCUT2D eigenvalue weighted by atomic mass is 16.4. The van der Waals surface area contributed by atoms with Crippen molar-refractivity contribution in [3.05, 3.63) is 0 Å². The first kappa shape index (κ1) is 29.9.